The monoisotopic (exact) mass is 295 g/mol. The van der Waals surface area contributed by atoms with Crippen LogP contribution in [0.2, 0.25) is 0 Å². The molecule has 0 amide bonds. The van der Waals surface area contributed by atoms with E-state index in [2.05, 4.69) is 0 Å². The van der Waals surface area contributed by atoms with Gasteiger partial charge in [-0.2, -0.15) is 4.31 Å². The van der Waals surface area contributed by atoms with Crippen LogP contribution in [0.4, 0.5) is 0 Å². The van der Waals surface area contributed by atoms with Crippen molar-refractivity contribution in [2.24, 2.45) is 0 Å². The van der Waals surface area contributed by atoms with Gasteiger partial charge in [-0.1, -0.05) is 19.4 Å². The summed E-state index contributed by atoms with van der Waals surface area (Å²) in [7, 11) is -3.44. The highest BCUT2D eigenvalue weighted by atomic mass is 32.2. The lowest BCUT2D eigenvalue weighted by Crippen LogP contribution is -2.63. The van der Waals surface area contributed by atoms with E-state index in [1.807, 2.05) is 19.1 Å². The number of nitrogens with zero attached hydrogens (tertiary/aromatic N) is 1. The average Bonchev–Trinajstić information content (AvgIpc) is 2.83. The number of benzene rings is 1. The van der Waals surface area contributed by atoms with Crippen LogP contribution in [0.5, 0.6) is 0 Å². The molecule has 0 saturated carbocycles. The van der Waals surface area contributed by atoms with Crippen LogP contribution in [-0.4, -0.2) is 36.5 Å². The van der Waals surface area contributed by atoms with E-state index in [-0.39, 0.29) is 13.1 Å². The Hall–Kier alpha value is -0.910. The highest BCUT2D eigenvalue weighted by Crippen LogP contribution is 2.33. The van der Waals surface area contributed by atoms with Crippen LogP contribution in [0.15, 0.2) is 23.1 Å². The molecule has 1 aliphatic carbocycles. The van der Waals surface area contributed by atoms with E-state index in [4.69, 9.17) is 0 Å². The number of sulfonamides is 1. The van der Waals surface area contributed by atoms with Crippen LogP contribution in [0.3, 0.4) is 0 Å². The summed E-state index contributed by atoms with van der Waals surface area (Å²) in [6.07, 6.45) is 4.65. The van der Waals surface area contributed by atoms with Gasteiger partial charge in [-0.25, -0.2) is 8.42 Å². The highest BCUT2D eigenvalue weighted by molar-refractivity contribution is 7.89. The lowest BCUT2D eigenvalue weighted by atomic mass is 9.92. The minimum Gasteiger partial charge on any atom is -0.387 e. The van der Waals surface area contributed by atoms with Crippen molar-refractivity contribution in [2.45, 2.75) is 49.5 Å². The van der Waals surface area contributed by atoms with Crippen molar-refractivity contribution in [1.82, 2.24) is 4.31 Å². The smallest absolute Gasteiger partial charge is 0.243 e. The zero-order valence-electron chi connectivity index (χ0n) is 11.8. The molecule has 1 fully saturated rings. The summed E-state index contributed by atoms with van der Waals surface area (Å²) in [4.78, 5) is 0.372. The molecular formula is C15H21NO3S. The summed E-state index contributed by atoms with van der Waals surface area (Å²) in [6.45, 7) is 2.44. The first kappa shape index (κ1) is 14.0. The zero-order chi connectivity index (χ0) is 14.4. The molecule has 5 heteroatoms. The number of rotatable bonds is 4. The molecule has 1 heterocycles. The van der Waals surface area contributed by atoms with Crippen LogP contribution in [0, 0.1) is 0 Å². The van der Waals surface area contributed by atoms with E-state index in [1.165, 1.54) is 9.87 Å². The molecule has 0 unspecified atom stereocenters. The summed E-state index contributed by atoms with van der Waals surface area (Å²) in [5.74, 6) is 0. The second-order valence-electron chi connectivity index (χ2n) is 6.03. The Morgan fingerprint density at radius 3 is 2.65 bits per heavy atom. The summed E-state index contributed by atoms with van der Waals surface area (Å²) in [5.41, 5.74) is 1.61. The van der Waals surface area contributed by atoms with Crippen LogP contribution in [-0.2, 0) is 22.9 Å². The van der Waals surface area contributed by atoms with Gasteiger partial charge < -0.3 is 5.11 Å². The Labute approximate surface area is 120 Å². The normalized spacial score (nSPS) is 21.5. The maximum Gasteiger partial charge on any atom is 0.243 e. The van der Waals surface area contributed by atoms with Gasteiger partial charge in [0.05, 0.1) is 10.5 Å². The van der Waals surface area contributed by atoms with E-state index in [0.717, 1.165) is 31.2 Å². The fraction of sp³-hybridized carbons (Fsp3) is 0.600. The maximum absolute atomic E-state index is 12.5. The van der Waals surface area contributed by atoms with Gasteiger partial charge in [-0.15, -0.1) is 0 Å². The van der Waals surface area contributed by atoms with Crippen LogP contribution in [0.1, 0.15) is 37.3 Å². The van der Waals surface area contributed by atoms with Gasteiger partial charge in [-0.05, 0) is 48.9 Å². The molecule has 1 aliphatic heterocycles. The van der Waals surface area contributed by atoms with Crippen molar-refractivity contribution < 1.29 is 13.5 Å². The van der Waals surface area contributed by atoms with Crippen LogP contribution < -0.4 is 0 Å². The quantitative estimate of drug-likeness (QED) is 0.920. The molecule has 20 heavy (non-hydrogen) atoms. The summed E-state index contributed by atoms with van der Waals surface area (Å²) in [5, 5.41) is 10.1. The van der Waals surface area contributed by atoms with Gasteiger partial charge in [0.25, 0.3) is 0 Å². The standard InChI is InChI=1S/C15H21NO3S/c1-2-8-15(17)10-16(11-15)20(18,19)14-7-6-12-4-3-5-13(12)9-14/h6-7,9,17H,2-5,8,10-11H2,1H3. The van der Waals surface area contributed by atoms with Gasteiger partial charge in [0, 0.05) is 13.1 Å². The number of aryl methyl sites for hydroxylation is 2. The summed E-state index contributed by atoms with van der Waals surface area (Å²) >= 11 is 0. The Kier molecular flexibility index (Phi) is 3.39. The third-order valence-corrected chi connectivity index (χ3v) is 6.15. The second-order valence-corrected chi connectivity index (χ2v) is 7.97. The van der Waals surface area contributed by atoms with E-state index in [9.17, 15) is 13.5 Å². The van der Waals surface area contributed by atoms with Crippen molar-refractivity contribution in [2.75, 3.05) is 13.1 Å². The molecule has 1 aromatic rings. The van der Waals surface area contributed by atoms with Crippen molar-refractivity contribution in [3.8, 4) is 0 Å². The summed E-state index contributed by atoms with van der Waals surface area (Å²) in [6, 6.07) is 5.46. The zero-order valence-corrected chi connectivity index (χ0v) is 12.6. The fourth-order valence-electron chi connectivity index (χ4n) is 3.26. The van der Waals surface area contributed by atoms with Gasteiger partial charge in [0.2, 0.25) is 10.0 Å². The van der Waals surface area contributed by atoms with Gasteiger partial charge in [-0.3, -0.25) is 0 Å². The first-order chi connectivity index (χ1) is 9.44. The molecule has 4 nitrogen and oxygen atoms in total. The largest absolute Gasteiger partial charge is 0.387 e. The van der Waals surface area contributed by atoms with Gasteiger partial charge in [0.15, 0.2) is 0 Å². The number of β-amino-alcohol motifs (C(OH)–C–C–N with tert-alkyl or cyclic N) is 1. The molecule has 0 spiro atoms. The first-order valence-corrected chi connectivity index (χ1v) is 8.73. The molecule has 1 aromatic carbocycles. The van der Waals surface area contributed by atoms with Crippen molar-refractivity contribution >= 4 is 10.0 Å². The van der Waals surface area contributed by atoms with Crippen LogP contribution in [0.25, 0.3) is 0 Å². The van der Waals surface area contributed by atoms with Crippen molar-refractivity contribution in [1.29, 1.82) is 0 Å². The Bertz CT molecular complexity index is 618. The SMILES string of the molecule is CCCC1(O)CN(S(=O)(=O)c2ccc3c(c2)CCC3)C1. The molecule has 110 valence electrons. The Balaban J connectivity index is 1.80. The molecular weight excluding hydrogens is 274 g/mol. The maximum atomic E-state index is 12.5. The van der Waals surface area contributed by atoms with E-state index in [1.54, 1.807) is 6.07 Å². The number of hydrogen-bond donors (Lipinski definition) is 1. The molecule has 1 saturated heterocycles. The van der Waals surface area contributed by atoms with Crippen molar-refractivity contribution in [3.05, 3.63) is 29.3 Å². The highest BCUT2D eigenvalue weighted by Gasteiger charge is 2.46. The van der Waals surface area contributed by atoms with E-state index in [0.29, 0.717) is 11.3 Å². The predicted molar refractivity (Wildman–Crippen MR) is 77.1 cm³/mol. The lowest BCUT2D eigenvalue weighted by Gasteiger charge is -2.45. The topological polar surface area (TPSA) is 57.6 Å². The Morgan fingerprint density at radius 2 is 1.95 bits per heavy atom. The Morgan fingerprint density at radius 1 is 1.25 bits per heavy atom. The van der Waals surface area contributed by atoms with E-state index < -0.39 is 15.6 Å². The van der Waals surface area contributed by atoms with Gasteiger partial charge in [0.1, 0.15) is 0 Å². The number of aliphatic hydroxyl groups is 1. The third kappa shape index (κ3) is 2.28. The molecule has 3 rings (SSSR count). The molecule has 1 N–H and O–H groups in total. The van der Waals surface area contributed by atoms with Crippen molar-refractivity contribution in [3.63, 3.8) is 0 Å². The minimum absolute atomic E-state index is 0.222. The van der Waals surface area contributed by atoms with Gasteiger partial charge >= 0.3 is 0 Å². The average molecular weight is 295 g/mol. The molecule has 2 aliphatic rings. The molecule has 0 aromatic heterocycles. The molecule has 0 radical (unpaired) electrons. The summed E-state index contributed by atoms with van der Waals surface area (Å²) < 4.78 is 26.4. The third-order valence-electron chi connectivity index (χ3n) is 4.36. The molecule has 0 atom stereocenters. The lowest BCUT2D eigenvalue weighted by molar-refractivity contribution is -0.0653. The minimum atomic E-state index is -3.44. The predicted octanol–water partition coefficient (Wildman–Crippen LogP) is 1.71. The second kappa shape index (κ2) is 4.83. The first-order valence-electron chi connectivity index (χ1n) is 7.29. The molecule has 0 bridgehead atoms. The number of fused-ring (bicyclic) bond motifs is 1. The van der Waals surface area contributed by atoms with Crippen LogP contribution >= 0.6 is 0 Å². The van der Waals surface area contributed by atoms with E-state index >= 15 is 0 Å². The fourth-order valence-corrected chi connectivity index (χ4v) is 4.91. The number of hydrogen-bond acceptors (Lipinski definition) is 3.